The Morgan fingerprint density at radius 3 is 2.53 bits per heavy atom. The summed E-state index contributed by atoms with van der Waals surface area (Å²) >= 11 is 0. The van der Waals surface area contributed by atoms with Crippen LogP contribution in [0.25, 0.3) is 22.2 Å². The number of aryl methyl sites for hydroxylation is 1. The van der Waals surface area contributed by atoms with Crippen LogP contribution in [-0.4, -0.2) is 31.5 Å². The third-order valence-electron chi connectivity index (χ3n) is 4.60. The highest BCUT2D eigenvalue weighted by molar-refractivity contribution is 5.85. The van der Waals surface area contributed by atoms with Crippen LogP contribution in [0.5, 0.6) is 0 Å². The molecule has 0 saturated carbocycles. The molecule has 0 atom stereocenters. The van der Waals surface area contributed by atoms with E-state index in [1.54, 1.807) is 37.5 Å². The van der Waals surface area contributed by atoms with Gasteiger partial charge in [0.25, 0.3) is 0 Å². The zero-order chi connectivity index (χ0) is 21.1. The van der Waals surface area contributed by atoms with Gasteiger partial charge in [0.2, 0.25) is 0 Å². The number of hydrogen-bond acceptors (Lipinski definition) is 6. The van der Waals surface area contributed by atoms with Gasteiger partial charge in [-0.3, -0.25) is 4.98 Å². The minimum atomic E-state index is -4.42. The van der Waals surface area contributed by atoms with Crippen LogP contribution in [0.2, 0.25) is 0 Å². The van der Waals surface area contributed by atoms with Crippen molar-refractivity contribution in [3.8, 4) is 11.3 Å². The molecule has 3 aromatic heterocycles. The topological polar surface area (TPSA) is 76.5 Å². The molecule has 0 unspecified atom stereocenters. The van der Waals surface area contributed by atoms with Crippen molar-refractivity contribution in [1.29, 1.82) is 0 Å². The second kappa shape index (κ2) is 8.02. The van der Waals surface area contributed by atoms with Crippen molar-refractivity contribution in [2.45, 2.75) is 19.5 Å². The second-order valence-electron chi connectivity index (χ2n) is 6.65. The van der Waals surface area contributed by atoms with E-state index in [2.05, 4.69) is 30.2 Å². The first kappa shape index (κ1) is 19.7. The molecule has 0 aliphatic heterocycles. The van der Waals surface area contributed by atoms with Crippen molar-refractivity contribution in [3.05, 3.63) is 72.2 Å². The minimum Gasteiger partial charge on any atom is -0.370 e. The van der Waals surface area contributed by atoms with Gasteiger partial charge in [0, 0.05) is 42.2 Å². The molecule has 0 spiro atoms. The minimum absolute atomic E-state index is 0.103. The molecule has 1 aromatic carbocycles. The third kappa shape index (κ3) is 4.19. The number of hydrogen-bond donors (Lipinski definition) is 1. The first-order valence-corrected chi connectivity index (χ1v) is 9.20. The number of aromatic nitrogens is 5. The van der Waals surface area contributed by atoms with Gasteiger partial charge in [0.15, 0.2) is 0 Å². The fourth-order valence-electron chi connectivity index (χ4n) is 3.15. The Balaban J connectivity index is 1.51. The average Bonchev–Trinajstić information content (AvgIpc) is 2.73. The van der Waals surface area contributed by atoms with Crippen molar-refractivity contribution < 1.29 is 13.2 Å². The number of benzene rings is 1. The molecule has 6 nitrogen and oxygen atoms in total. The number of anilines is 1. The molecular formula is C21H17F3N6. The molecule has 0 radical (unpaired) electrons. The maximum Gasteiger partial charge on any atom is 0.417 e. The Labute approximate surface area is 170 Å². The molecule has 0 saturated heterocycles. The van der Waals surface area contributed by atoms with Crippen LogP contribution in [0, 0.1) is 6.92 Å². The number of pyridine rings is 1. The van der Waals surface area contributed by atoms with E-state index in [4.69, 9.17) is 0 Å². The Hall–Kier alpha value is -3.62. The summed E-state index contributed by atoms with van der Waals surface area (Å²) in [6.45, 7) is 2.27. The first-order chi connectivity index (χ1) is 14.4. The van der Waals surface area contributed by atoms with Gasteiger partial charge >= 0.3 is 6.18 Å². The van der Waals surface area contributed by atoms with Crippen molar-refractivity contribution in [1.82, 2.24) is 24.9 Å². The number of nitrogens with zero attached hydrogens (tertiary/aromatic N) is 5. The highest BCUT2D eigenvalue weighted by Gasteiger charge is 2.32. The van der Waals surface area contributed by atoms with Gasteiger partial charge in [0.05, 0.1) is 16.8 Å². The Morgan fingerprint density at radius 1 is 0.967 bits per heavy atom. The fraction of sp³-hybridized carbons (Fsp3) is 0.190. The van der Waals surface area contributed by atoms with Crippen LogP contribution >= 0.6 is 0 Å². The van der Waals surface area contributed by atoms with Crippen LogP contribution < -0.4 is 5.32 Å². The smallest absolute Gasteiger partial charge is 0.370 e. The molecule has 0 aliphatic carbocycles. The Morgan fingerprint density at radius 2 is 1.77 bits per heavy atom. The van der Waals surface area contributed by atoms with Crippen molar-refractivity contribution in [3.63, 3.8) is 0 Å². The van der Waals surface area contributed by atoms with Crippen molar-refractivity contribution in [2.24, 2.45) is 0 Å². The lowest BCUT2D eigenvalue weighted by atomic mass is 10.0. The van der Waals surface area contributed by atoms with E-state index in [-0.39, 0.29) is 5.39 Å². The lowest BCUT2D eigenvalue weighted by Crippen LogP contribution is -2.09. The lowest BCUT2D eigenvalue weighted by Gasteiger charge is -2.12. The van der Waals surface area contributed by atoms with Crippen molar-refractivity contribution in [2.75, 3.05) is 11.9 Å². The highest BCUT2D eigenvalue weighted by Crippen LogP contribution is 2.34. The van der Waals surface area contributed by atoms with Gasteiger partial charge in [0.1, 0.15) is 18.0 Å². The largest absolute Gasteiger partial charge is 0.417 e. The third-order valence-corrected chi connectivity index (χ3v) is 4.60. The molecule has 4 rings (SSSR count). The zero-order valence-corrected chi connectivity index (χ0v) is 16.0. The molecule has 1 N–H and O–H groups in total. The van der Waals surface area contributed by atoms with E-state index in [1.807, 2.05) is 0 Å². The van der Waals surface area contributed by atoms with E-state index < -0.39 is 11.7 Å². The van der Waals surface area contributed by atoms with Gasteiger partial charge in [-0.05, 0) is 25.0 Å². The molecule has 9 heteroatoms. The van der Waals surface area contributed by atoms with Crippen LogP contribution in [0.4, 0.5) is 19.0 Å². The summed E-state index contributed by atoms with van der Waals surface area (Å²) in [7, 11) is 0. The zero-order valence-electron chi connectivity index (χ0n) is 16.0. The van der Waals surface area contributed by atoms with Gasteiger partial charge in [-0.1, -0.05) is 18.2 Å². The summed E-state index contributed by atoms with van der Waals surface area (Å²) < 4.78 is 39.8. The molecular weight excluding hydrogens is 393 g/mol. The fourth-order valence-corrected chi connectivity index (χ4v) is 3.15. The average molecular weight is 410 g/mol. The summed E-state index contributed by atoms with van der Waals surface area (Å²) in [5, 5.41) is 3.29. The molecule has 4 aromatic rings. The molecule has 0 aliphatic rings. The number of halogens is 3. The van der Waals surface area contributed by atoms with Crippen LogP contribution in [-0.2, 0) is 12.6 Å². The lowest BCUT2D eigenvalue weighted by molar-refractivity contribution is -0.136. The predicted octanol–water partition coefficient (Wildman–Crippen LogP) is 4.46. The van der Waals surface area contributed by atoms with E-state index in [0.29, 0.717) is 35.8 Å². The highest BCUT2D eigenvalue weighted by atomic mass is 19.4. The normalized spacial score (nSPS) is 11.6. The quantitative estimate of drug-likeness (QED) is 0.523. The van der Waals surface area contributed by atoms with E-state index in [9.17, 15) is 13.2 Å². The number of rotatable bonds is 5. The maximum absolute atomic E-state index is 13.3. The summed E-state index contributed by atoms with van der Waals surface area (Å²) in [6, 6.07) is 7.63. The maximum atomic E-state index is 13.3. The molecule has 0 bridgehead atoms. The molecule has 0 amide bonds. The first-order valence-electron chi connectivity index (χ1n) is 9.20. The van der Waals surface area contributed by atoms with Crippen LogP contribution in [0.15, 0.2) is 55.2 Å². The summed E-state index contributed by atoms with van der Waals surface area (Å²) in [5.74, 6) is 1.27. The van der Waals surface area contributed by atoms with E-state index in [1.165, 1.54) is 18.6 Å². The Bertz CT molecular complexity index is 1180. The van der Waals surface area contributed by atoms with Gasteiger partial charge in [-0.15, -0.1) is 0 Å². The van der Waals surface area contributed by atoms with E-state index >= 15 is 0 Å². The standard InChI is InChI=1S/C21H17F3N6/c1-13-27-10-15(11-28-13)18-9-19(30-12-29-18)25-7-5-14-3-2-4-16-17(21(22,23)24)6-8-26-20(14)16/h2-4,6,8-12H,5,7H2,1H3,(H,25,29,30). The Kier molecular flexibility index (Phi) is 5.26. The van der Waals surface area contributed by atoms with Gasteiger partial charge < -0.3 is 5.32 Å². The molecule has 3 heterocycles. The summed E-state index contributed by atoms with van der Waals surface area (Å²) in [4.78, 5) is 20.9. The molecule has 30 heavy (non-hydrogen) atoms. The number of para-hydroxylation sites is 1. The van der Waals surface area contributed by atoms with Crippen LogP contribution in [0.3, 0.4) is 0 Å². The monoisotopic (exact) mass is 410 g/mol. The molecule has 152 valence electrons. The van der Waals surface area contributed by atoms with E-state index in [0.717, 1.165) is 17.2 Å². The summed E-state index contributed by atoms with van der Waals surface area (Å²) in [6.07, 6.45) is 2.08. The molecule has 0 fully saturated rings. The SMILES string of the molecule is Cc1ncc(-c2cc(NCCc3cccc4c(C(F)(F)F)ccnc34)ncn2)cn1. The van der Waals surface area contributed by atoms with Crippen LogP contribution in [0.1, 0.15) is 17.0 Å². The van der Waals surface area contributed by atoms with Gasteiger partial charge in [-0.25, -0.2) is 19.9 Å². The summed E-state index contributed by atoms with van der Waals surface area (Å²) in [5.41, 5.74) is 1.85. The number of alkyl halides is 3. The predicted molar refractivity (Wildman–Crippen MR) is 107 cm³/mol. The van der Waals surface area contributed by atoms with Crippen molar-refractivity contribution >= 4 is 16.7 Å². The second-order valence-corrected chi connectivity index (χ2v) is 6.65. The van der Waals surface area contributed by atoms with Gasteiger partial charge in [-0.2, -0.15) is 13.2 Å². The number of nitrogens with one attached hydrogen (secondary N) is 1. The number of fused-ring (bicyclic) bond motifs is 1.